The number of alkyl halides is 1. The summed E-state index contributed by atoms with van der Waals surface area (Å²) in [6, 6.07) is 0.246. The SMILES string of the molecule is COCC(CCl)NCC1CCCO1. The summed E-state index contributed by atoms with van der Waals surface area (Å²) in [5.41, 5.74) is 0. The number of hydrogen-bond acceptors (Lipinski definition) is 3. The van der Waals surface area contributed by atoms with Crippen LogP contribution < -0.4 is 5.32 Å². The van der Waals surface area contributed by atoms with Gasteiger partial charge in [-0.15, -0.1) is 11.6 Å². The van der Waals surface area contributed by atoms with Gasteiger partial charge in [0.05, 0.1) is 12.7 Å². The van der Waals surface area contributed by atoms with E-state index in [0.29, 0.717) is 18.6 Å². The molecule has 13 heavy (non-hydrogen) atoms. The molecular weight excluding hydrogens is 190 g/mol. The van der Waals surface area contributed by atoms with E-state index >= 15 is 0 Å². The van der Waals surface area contributed by atoms with Crippen LogP contribution in [0.1, 0.15) is 12.8 Å². The first-order chi connectivity index (χ1) is 6.36. The fraction of sp³-hybridized carbons (Fsp3) is 1.00. The third kappa shape index (κ3) is 4.27. The molecule has 0 aliphatic carbocycles. The quantitative estimate of drug-likeness (QED) is 0.660. The van der Waals surface area contributed by atoms with Crippen LogP contribution in [0.15, 0.2) is 0 Å². The average Bonchev–Trinajstić information content (AvgIpc) is 2.64. The summed E-state index contributed by atoms with van der Waals surface area (Å²) in [4.78, 5) is 0. The second-order valence-electron chi connectivity index (χ2n) is 3.35. The lowest BCUT2D eigenvalue weighted by Crippen LogP contribution is -2.39. The molecule has 4 heteroatoms. The molecule has 0 aromatic carbocycles. The van der Waals surface area contributed by atoms with Crippen LogP contribution in [0.5, 0.6) is 0 Å². The normalized spacial score (nSPS) is 24.9. The van der Waals surface area contributed by atoms with E-state index < -0.39 is 0 Å². The predicted molar refractivity (Wildman–Crippen MR) is 53.4 cm³/mol. The van der Waals surface area contributed by atoms with Gasteiger partial charge in [0.1, 0.15) is 0 Å². The lowest BCUT2D eigenvalue weighted by molar-refractivity contribution is 0.101. The Kier molecular flexibility index (Phi) is 5.71. The van der Waals surface area contributed by atoms with E-state index in [4.69, 9.17) is 21.1 Å². The first-order valence-corrected chi connectivity index (χ1v) is 5.30. The van der Waals surface area contributed by atoms with Crippen LogP contribution in [0, 0.1) is 0 Å². The molecule has 1 saturated heterocycles. The molecule has 0 bridgehead atoms. The summed E-state index contributed by atoms with van der Waals surface area (Å²) in [6.07, 6.45) is 2.72. The van der Waals surface area contributed by atoms with E-state index in [9.17, 15) is 0 Å². The molecule has 0 radical (unpaired) electrons. The fourth-order valence-corrected chi connectivity index (χ4v) is 1.66. The van der Waals surface area contributed by atoms with Crippen molar-refractivity contribution in [3.05, 3.63) is 0 Å². The molecule has 0 saturated carbocycles. The van der Waals surface area contributed by atoms with Crippen LogP contribution in [0.4, 0.5) is 0 Å². The van der Waals surface area contributed by atoms with E-state index in [-0.39, 0.29) is 6.04 Å². The summed E-state index contributed by atoms with van der Waals surface area (Å²) < 4.78 is 10.5. The standard InChI is InChI=1S/C9H18ClNO2/c1-12-7-8(5-10)11-6-9-3-2-4-13-9/h8-9,11H,2-7H2,1H3. The number of halogens is 1. The van der Waals surface area contributed by atoms with Crippen molar-refractivity contribution in [1.29, 1.82) is 0 Å². The van der Waals surface area contributed by atoms with Gasteiger partial charge < -0.3 is 14.8 Å². The highest BCUT2D eigenvalue weighted by Crippen LogP contribution is 2.10. The van der Waals surface area contributed by atoms with E-state index in [1.54, 1.807) is 7.11 Å². The first-order valence-electron chi connectivity index (χ1n) is 4.76. The van der Waals surface area contributed by atoms with Crippen molar-refractivity contribution in [1.82, 2.24) is 5.32 Å². The summed E-state index contributed by atoms with van der Waals surface area (Å²) in [6.45, 7) is 2.46. The van der Waals surface area contributed by atoms with Crippen LogP contribution in [-0.2, 0) is 9.47 Å². The Labute approximate surface area is 84.7 Å². The molecule has 2 atom stereocenters. The fourth-order valence-electron chi connectivity index (χ4n) is 1.46. The molecule has 2 unspecified atom stereocenters. The molecule has 1 N–H and O–H groups in total. The molecule has 78 valence electrons. The van der Waals surface area contributed by atoms with Crippen molar-refractivity contribution >= 4 is 11.6 Å². The third-order valence-electron chi connectivity index (χ3n) is 2.21. The Morgan fingerprint density at radius 1 is 1.69 bits per heavy atom. The Morgan fingerprint density at radius 2 is 2.54 bits per heavy atom. The van der Waals surface area contributed by atoms with E-state index in [1.165, 1.54) is 6.42 Å². The summed E-state index contributed by atoms with van der Waals surface area (Å²) in [5, 5.41) is 3.33. The van der Waals surface area contributed by atoms with Gasteiger partial charge in [-0.1, -0.05) is 0 Å². The zero-order valence-electron chi connectivity index (χ0n) is 8.09. The topological polar surface area (TPSA) is 30.5 Å². The summed E-state index contributed by atoms with van der Waals surface area (Å²) in [5.74, 6) is 0.584. The maximum Gasteiger partial charge on any atom is 0.0700 e. The number of methoxy groups -OCH3 is 1. The molecule has 1 aliphatic rings. The van der Waals surface area contributed by atoms with E-state index in [2.05, 4.69) is 5.32 Å². The minimum atomic E-state index is 0.246. The highest BCUT2D eigenvalue weighted by atomic mass is 35.5. The average molecular weight is 208 g/mol. The van der Waals surface area contributed by atoms with Crippen molar-refractivity contribution < 1.29 is 9.47 Å². The van der Waals surface area contributed by atoms with Gasteiger partial charge in [0.15, 0.2) is 0 Å². The minimum absolute atomic E-state index is 0.246. The Balaban J connectivity index is 2.07. The van der Waals surface area contributed by atoms with Crippen LogP contribution in [0.25, 0.3) is 0 Å². The van der Waals surface area contributed by atoms with Crippen LogP contribution in [-0.4, -0.2) is 44.9 Å². The highest BCUT2D eigenvalue weighted by Gasteiger charge is 2.16. The van der Waals surface area contributed by atoms with Gasteiger partial charge in [-0.2, -0.15) is 0 Å². The van der Waals surface area contributed by atoms with Crippen molar-refractivity contribution in [3.8, 4) is 0 Å². The van der Waals surface area contributed by atoms with Crippen LogP contribution >= 0.6 is 11.6 Å². The molecule has 1 rings (SSSR count). The van der Waals surface area contributed by atoms with Crippen molar-refractivity contribution in [2.24, 2.45) is 0 Å². The summed E-state index contributed by atoms with van der Waals surface area (Å²) >= 11 is 5.75. The van der Waals surface area contributed by atoms with Gasteiger partial charge in [0, 0.05) is 32.2 Å². The Hall–Kier alpha value is 0.170. The number of ether oxygens (including phenoxy) is 2. The van der Waals surface area contributed by atoms with Crippen molar-refractivity contribution in [2.75, 3.05) is 32.7 Å². The van der Waals surface area contributed by atoms with Crippen LogP contribution in [0.2, 0.25) is 0 Å². The molecule has 1 heterocycles. The molecule has 0 aromatic rings. The largest absolute Gasteiger partial charge is 0.383 e. The number of nitrogens with one attached hydrogen (secondary N) is 1. The molecule has 0 spiro atoms. The van der Waals surface area contributed by atoms with Gasteiger partial charge in [-0.25, -0.2) is 0 Å². The van der Waals surface area contributed by atoms with Crippen molar-refractivity contribution in [2.45, 2.75) is 25.0 Å². The monoisotopic (exact) mass is 207 g/mol. The Morgan fingerprint density at radius 3 is 3.08 bits per heavy atom. The second-order valence-corrected chi connectivity index (χ2v) is 3.66. The van der Waals surface area contributed by atoms with Gasteiger partial charge in [0.2, 0.25) is 0 Å². The minimum Gasteiger partial charge on any atom is -0.383 e. The second kappa shape index (κ2) is 6.60. The van der Waals surface area contributed by atoms with E-state index in [0.717, 1.165) is 19.6 Å². The third-order valence-corrected chi connectivity index (χ3v) is 2.58. The molecule has 3 nitrogen and oxygen atoms in total. The zero-order chi connectivity index (χ0) is 9.52. The molecular formula is C9H18ClNO2. The lowest BCUT2D eigenvalue weighted by atomic mass is 10.2. The van der Waals surface area contributed by atoms with Crippen molar-refractivity contribution in [3.63, 3.8) is 0 Å². The first kappa shape index (κ1) is 11.2. The smallest absolute Gasteiger partial charge is 0.0700 e. The molecule has 0 amide bonds. The van der Waals surface area contributed by atoms with Gasteiger partial charge in [0.25, 0.3) is 0 Å². The highest BCUT2D eigenvalue weighted by molar-refractivity contribution is 6.18. The van der Waals surface area contributed by atoms with Crippen LogP contribution in [0.3, 0.4) is 0 Å². The molecule has 0 aromatic heterocycles. The number of rotatable bonds is 6. The maximum atomic E-state index is 5.75. The van der Waals surface area contributed by atoms with Gasteiger partial charge in [-0.3, -0.25) is 0 Å². The Bertz CT molecular complexity index is 129. The van der Waals surface area contributed by atoms with Gasteiger partial charge >= 0.3 is 0 Å². The zero-order valence-corrected chi connectivity index (χ0v) is 8.85. The van der Waals surface area contributed by atoms with Gasteiger partial charge in [-0.05, 0) is 12.8 Å². The predicted octanol–water partition coefficient (Wildman–Crippen LogP) is 1.01. The molecule has 1 aliphatic heterocycles. The maximum absolute atomic E-state index is 5.75. The van der Waals surface area contributed by atoms with E-state index in [1.807, 2.05) is 0 Å². The number of hydrogen-bond donors (Lipinski definition) is 1. The lowest BCUT2D eigenvalue weighted by Gasteiger charge is -2.17. The summed E-state index contributed by atoms with van der Waals surface area (Å²) in [7, 11) is 1.69. The molecule has 1 fully saturated rings.